The largest absolute Gasteiger partial charge is 0.435 e. The average Bonchev–Trinajstić information content (AvgIpc) is 2.94. The van der Waals surface area contributed by atoms with E-state index in [1.807, 2.05) is 0 Å². The van der Waals surface area contributed by atoms with Crippen LogP contribution in [0.5, 0.6) is 0 Å². The highest BCUT2D eigenvalue weighted by atomic mass is 35.5. The first-order chi connectivity index (χ1) is 10.5. The smallest absolute Gasteiger partial charge is 0.231 e. The summed E-state index contributed by atoms with van der Waals surface area (Å²) in [5.74, 6) is 0. The van der Waals surface area contributed by atoms with Gasteiger partial charge in [-0.25, -0.2) is 4.68 Å². The van der Waals surface area contributed by atoms with Crippen LogP contribution in [0.3, 0.4) is 0 Å². The molecule has 0 radical (unpaired) electrons. The fourth-order valence-corrected chi connectivity index (χ4v) is 2.36. The molecule has 0 bridgehead atoms. The van der Waals surface area contributed by atoms with E-state index in [9.17, 15) is 13.2 Å². The second-order valence-corrected chi connectivity index (χ2v) is 5.05. The molecule has 0 atom stereocenters. The molecule has 0 unspecified atom stereocenters. The van der Waals surface area contributed by atoms with Gasteiger partial charge in [-0.2, -0.15) is 18.3 Å². The molecule has 3 rings (SSSR count). The zero-order chi connectivity index (χ0) is 15.7. The number of aromatic nitrogens is 2. The topological polar surface area (TPSA) is 17.8 Å². The second-order valence-electron chi connectivity index (χ2n) is 4.64. The van der Waals surface area contributed by atoms with Crippen molar-refractivity contribution < 1.29 is 13.2 Å². The molecule has 0 fully saturated rings. The number of hydrogen-bond acceptors (Lipinski definition) is 1. The highest BCUT2D eigenvalue weighted by molar-refractivity contribution is 6.32. The Bertz CT molecular complexity index is 795. The molecule has 0 saturated carbocycles. The zero-order valence-electron chi connectivity index (χ0n) is 11.2. The maximum absolute atomic E-state index is 13.0. The van der Waals surface area contributed by atoms with E-state index in [1.54, 1.807) is 54.6 Å². The second kappa shape index (κ2) is 5.50. The molecule has 112 valence electrons. The molecule has 0 aliphatic heterocycles. The van der Waals surface area contributed by atoms with E-state index in [4.69, 9.17) is 11.6 Å². The number of rotatable bonds is 2. The van der Waals surface area contributed by atoms with Crippen molar-refractivity contribution in [3.05, 3.63) is 71.4 Å². The minimum Gasteiger partial charge on any atom is -0.231 e. The minimum atomic E-state index is -4.52. The lowest BCUT2D eigenvalue weighted by atomic mass is 10.1. The van der Waals surface area contributed by atoms with Crippen LogP contribution < -0.4 is 0 Å². The lowest BCUT2D eigenvalue weighted by molar-refractivity contribution is -0.141. The number of para-hydroxylation sites is 1. The molecule has 1 heterocycles. The summed E-state index contributed by atoms with van der Waals surface area (Å²) in [6.07, 6.45) is -4.52. The van der Waals surface area contributed by atoms with Crippen molar-refractivity contribution in [2.75, 3.05) is 0 Å². The van der Waals surface area contributed by atoms with Crippen LogP contribution in [0.25, 0.3) is 16.9 Å². The third-order valence-corrected chi connectivity index (χ3v) is 3.47. The van der Waals surface area contributed by atoms with E-state index in [1.165, 1.54) is 4.68 Å². The van der Waals surface area contributed by atoms with Crippen molar-refractivity contribution in [2.24, 2.45) is 0 Å². The quantitative estimate of drug-likeness (QED) is 0.633. The normalized spacial score (nSPS) is 11.6. The Kier molecular flexibility index (Phi) is 3.66. The molecule has 0 aliphatic carbocycles. The van der Waals surface area contributed by atoms with Gasteiger partial charge in [-0.15, -0.1) is 0 Å². The van der Waals surface area contributed by atoms with Crippen molar-refractivity contribution in [1.82, 2.24) is 9.78 Å². The first-order valence-electron chi connectivity index (χ1n) is 6.44. The van der Waals surface area contributed by atoms with Gasteiger partial charge >= 0.3 is 6.18 Å². The van der Waals surface area contributed by atoms with Crippen molar-refractivity contribution in [3.8, 4) is 16.9 Å². The fourth-order valence-electron chi connectivity index (χ4n) is 2.14. The summed E-state index contributed by atoms with van der Waals surface area (Å²) in [4.78, 5) is 0. The summed E-state index contributed by atoms with van der Waals surface area (Å²) in [6.45, 7) is 0. The Labute approximate surface area is 129 Å². The standard InChI is InChI=1S/C16H10ClF3N2/c17-12-8-4-5-9-13(12)22-14(11-6-2-1-3-7-11)10-15(21-22)16(18,19)20/h1-10H. The fraction of sp³-hybridized carbons (Fsp3) is 0.0625. The molecule has 0 amide bonds. The van der Waals surface area contributed by atoms with Gasteiger partial charge in [-0.3, -0.25) is 0 Å². The van der Waals surface area contributed by atoms with Crippen LogP contribution in [0, 0.1) is 0 Å². The van der Waals surface area contributed by atoms with E-state index in [-0.39, 0.29) is 0 Å². The van der Waals surface area contributed by atoms with Gasteiger partial charge in [0.25, 0.3) is 0 Å². The number of nitrogens with zero attached hydrogens (tertiary/aromatic N) is 2. The minimum absolute atomic E-state index is 0.330. The first kappa shape index (κ1) is 14.7. The summed E-state index contributed by atoms with van der Waals surface area (Å²) in [6, 6.07) is 16.4. The molecule has 0 N–H and O–H groups in total. The molecule has 6 heteroatoms. The zero-order valence-corrected chi connectivity index (χ0v) is 11.9. The highest BCUT2D eigenvalue weighted by Crippen LogP contribution is 2.34. The SMILES string of the molecule is FC(F)(F)c1cc(-c2ccccc2)n(-c2ccccc2Cl)n1. The molecule has 3 aromatic rings. The lowest BCUT2D eigenvalue weighted by Crippen LogP contribution is -2.07. The van der Waals surface area contributed by atoms with Gasteiger partial charge in [-0.05, 0) is 18.2 Å². The van der Waals surface area contributed by atoms with Crippen LogP contribution in [0.1, 0.15) is 5.69 Å². The molecular weight excluding hydrogens is 313 g/mol. The van der Waals surface area contributed by atoms with Crippen molar-refractivity contribution >= 4 is 11.6 Å². The Morgan fingerprint density at radius 1 is 0.909 bits per heavy atom. The molecule has 0 saturated heterocycles. The van der Waals surface area contributed by atoms with Crippen LogP contribution in [0.2, 0.25) is 5.02 Å². The predicted molar refractivity (Wildman–Crippen MR) is 79.0 cm³/mol. The number of hydrogen-bond donors (Lipinski definition) is 0. The van der Waals surface area contributed by atoms with Gasteiger partial charge in [0, 0.05) is 5.56 Å². The Morgan fingerprint density at radius 3 is 2.18 bits per heavy atom. The molecule has 22 heavy (non-hydrogen) atoms. The maximum Gasteiger partial charge on any atom is 0.435 e. The van der Waals surface area contributed by atoms with Gasteiger partial charge in [0.15, 0.2) is 5.69 Å². The van der Waals surface area contributed by atoms with E-state index in [2.05, 4.69) is 5.10 Å². The van der Waals surface area contributed by atoms with E-state index < -0.39 is 11.9 Å². The van der Waals surface area contributed by atoms with Crippen molar-refractivity contribution in [2.45, 2.75) is 6.18 Å². The monoisotopic (exact) mass is 322 g/mol. The van der Waals surface area contributed by atoms with Gasteiger partial charge in [0.05, 0.1) is 16.4 Å². The van der Waals surface area contributed by atoms with Crippen molar-refractivity contribution in [3.63, 3.8) is 0 Å². The van der Waals surface area contributed by atoms with Gasteiger partial charge in [-0.1, -0.05) is 54.1 Å². The van der Waals surface area contributed by atoms with Gasteiger partial charge in [0.2, 0.25) is 0 Å². The number of alkyl halides is 3. The highest BCUT2D eigenvalue weighted by Gasteiger charge is 2.35. The summed E-state index contributed by atoms with van der Waals surface area (Å²) in [5.41, 5.74) is 0.413. The Balaban J connectivity index is 2.25. The lowest BCUT2D eigenvalue weighted by Gasteiger charge is -2.09. The van der Waals surface area contributed by atoms with Gasteiger partial charge in [0.1, 0.15) is 0 Å². The summed E-state index contributed by atoms with van der Waals surface area (Å²) < 4.78 is 40.2. The van der Waals surface area contributed by atoms with Crippen LogP contribution in [-0.4, -0.2) is 9.78 Å². The van der Waals surface area contributed by atoms with Gasteiger partial charge < -0.3 is 0 Å². The van der Waals surface area contributed by atoms with Crippen LogP contribution in [-0.2, 0) is 6.18 Å². The Hall–Kier alpha value is -2.27. The molecule has 1 aromatic heterocycles. The van der Waals surface area contributed by atoms with Crippen LogP contribution in [0.4, 0.5) is 13.2 Å². The Morgan fingerprint density at radius 2 is 1.55 bits per heavy atom. The molecular formula is C16H10ClF3N2. The summed E-state index contributed by atoms with van der Waals surface area (Å²) in [7, 11) is 0. The molecule has 2 nitrogen and oxygen atoms in total. The van der Waals surface area contributed by atoms with Crippen molar-refractivity contribution in [1.29, 1.82) is 0 Å². The molecule has 0 aliphatic rings. The average molecular weight is 323 g/mol. The summed E-state index contributed by atoms with van der Waals surface area (Å²) in [5, 5.41) is 4.03. The van der Waals surface area contributed by atoms with E-state index in [0.29, 0.717) is 22.0 Å². The number of benzene rings is 2. The number of halogens is 4. The third kappa shape index (κ3) is 2.72. The molecule has 0 spiro atoms. The first-order valence-corrected chi connectivity index (χ1v) is 6.82. The van der Waals surface area contributed by atoms with Crippen LogP contribution in [0.15, 0.2) is 60.7 Å². The van der Waals surface area contributed by atoms with E-state index >= 15 is 0 Å². The summed E-state index contributed by atoms with van der Waals surface area (Å²) >= 11 is 6.10. The predicted octanol–water partition coefficient (Wildman–Crippen LogP) is 5.21. The van der Waals surface area contributed by atoms with Crippen LogP contribution >= 0.6 is 11.6 Å². The third-order valence-electron chi connectivity index (χ3n) is 3.15. The molecule has 2 aromatic carbocycles. The van der Waals surface area contributed by atoms with E-state index in [0.717, 1.165) is 6.07 Å². The maximum atomic E-state index is 13.0.